The van der Waals surface area contributed by atoms with Crippen molar-refractivity contribution in [1.82, 2.24) is 0 Å². The summed E-state index contributed by atoms with van der Waals surface area (Å²) in [6.07, 6.45) is 5.33. The molecule has 0 unspecified atom stereocenters. The molecule has 2 heterocycles. The van der Waals surface area contributed by atoms with Gasteiger partial charge in [-0.05, 0) is 28.7 Å². The second-order valence-corrected chi connectivity index (χ2v) is 10.3. The topological polar surface area (TPSA) is 26.3 Å². The molecule has 0 radical (unpaired) electrons. The molecule has 5 atom stereocenters. The van der Waals surface area contributed by atoms with Crippen molar-refractivity contribution in [3.05, 3.63) is 150 Å². The number of Topliss-reactive ketones (excluding diaryl/α,β-unsaturated/α-hetero) is 1. The van der Waals surface area contributed by atoms with E-state index in [9.17, 15) is 4.79 Å². The van der Waals surface area contributed by atoms with Crippen molar-refractivity contribution in [2.24, 2.45) is 5.92 Å². The van der Waals surface area contributed by atoms with Gasteiger partial charge in [-0.2, -0.15) is 0 Å². The Morgan fingerprint density at radius 2 is 1.19 bits per heavy atom. The second-order valence-electron chi connectivity index (χ2n) is 10.3. The first-order valence-electron chi connectivity index (χ1n) is 12.9. The Morgan fingerprint density at radius 3 is 1.81 bits per heavy atom. The maximum absolute atomic E-state index is 13.7. The fourth-order valence-corrected chi connectivity index (χ4v) is 7.72. The van der Waals surface area contributed by atoms with E-state index in [4.69, 9.17) is 4.74 Å². The molecular weight excluding hydrogens is 440 g/mol. The number of carbonyl (C=O) groups is 1. The van der Waals surface area contributed by atoms with Crippen LogP contribution in [0.15, 0.2) is 127 Å². The average Bonchev–Trinajstić information content (AvgIpc) is 3.51. The van der Waals surface area contributed by atoms with Gasteiger partial charge in [0.25, 0.3) is 0 Å². The summed E-state index contributed by atoms with van der Waals surface area (Å²) in [5.74, 6) is 0.331. The normalized spacial score (nSPS) is 32.4. The molecule has 2 heteroatoms. The zero-order valence-electron chi connectivity index (χ0n) is 20.1. The molecule has 0 N–H and O–H groups in total. The minimum absolute atomic E-state index is 0.109. The summed E-state index contributed by atoms with van der Waals surface area (Å²) in [5, 5.41) is 0. The molecule has 36 heavy (non-hydrogen) atoms. The standard InChI is InChI=1S/C34H28O2/c35-29-23-24-32(26-15-7-2-8-16-26)34(28-19-11-4-12-20-28)30(22-21-25-13-5-1-6-14-25)33(34,31(29)36-32)27-17-9-3-10-18-27/h1-22,30-31H,23-24H2/b22-21-/t30-,31+,32+,33-,34+/m0/s1. The molecule has 1 aliphatic carbocycles. The summed E-state index contributed by atoms with van der Waals surface area (Å²) in [6.45, 7) is 0. The van der Waals surface area contributed by atoms with Crippen molar-refractivity contribution in [3.8, 4) is 0 Å². The van der Waals surface area contributed by atoms with Crippen LogP contribution < -0.4 is 0 Å². The number of fused-ring (bicyclic) bond motifs is 5. The maximum Gasteiger partial charge on any atom is 0.162 e. The molecule has 4 aromatic rings. The Kier molecular flexibility index (Phi) is 4.71. The minimum Gasteiger partial charge on any atom is -0.357 e. The third-order valence-corrected chi connectivity index (χ3v) is 8.91. The number of benzene rings is 4. The van der Waals surface area contributed by atoms with Crippen LogP contribution in [0.5, 0.6) is 0 Å². The summed E-state index contributed by atoms with van der Waals surface area (Å²) < 4.78 is 7.06. The highest BCUT2D eigenvalue weighted by Gasteiger charge is 2.92. The highest BCUT2D eigenvalue weighted by molar-refractivity contribution is 5.91. The van der Waals surface area contributed by atoms with E-state index in [1.807, 2.05) is 6.07 Å². The highest BCUT2D eigenvalue weighted by Crippen LogP contribution is 2.85. The highest BCUT2D eigenvalue weighted by atomic mass is 16.5. The Hall–Kier alpha value is -3.75. The Labute approximate surface area is 212 Å². The van der Waals surface area contributed by atoms with E-state index < -0.39 is 22.5 Å². The number of rotatable bonds is 5. The van der Waals surface area contributed by atoms with E-state index in [1.165, 1.54) is 22.3 Å². The van der Waals surface area contributed by atoms with E-state index in [0.29, 0.717) is 12.8 Å². The van der Waals surface area contributed by atoms with Crippen LogP contribution in [0.1, 0.15) is 35.1 Å². The van der Waals surface area contributed by atoms with Gasteiger partial charge in [0.1, 0.15) is 11.7 Å². The Balaban J connectivity index is 1.55. The van der Waals surface area contributed by atoms with Gasteiger partial charge >= 0.3 is 0 Å². The second kappa shape index (κ2) is 7.88. The van der Waals surface area contributed by atoms with Crippen molar-refractivity contribution >= 4 is 11.9 Å². The number of hydrogen-bond donors (Lipinski definition) is 0. The van der Waals surface area contributed by atoms with Gasteiger partial charge in [0.05, 0.1) is 0 Å². The monoisotopic (exact) mass is 468 g/mol. The van der Waals surface area contributed by atoms with Crippen LogP contribution in [-0.2, 0) is 26.0 Å². The van der Waals surface area contributed by atoms with Gasteiger partial charge in [-0.15, -0.1) is 0 Å². The molecule has 176 valence electrons. The number of carbonyl (C=O) groups excluding carboxylic acids is 1. The van der Waals surface area contributed by atoms with E-state index in [1.54, 1.807) is 0 Å². The molecular formula is C34H28O2. The maximum atomic E-state index is 13.7. The van der Waals surface area contributed by atoms with Crippen molar-refractivity contribution in [2.75, 3.05) is 0 Å². The molecule has 3 aliphatic rings. The van der Waals surface area contributed by atoms with Gasteiger partial charge in [-0.1, -0.05) is 133 Å². The van der Waals surface area contributed by atoms with Gasteiger partial charge in [0.2, 0.25) is 0 Å². The summed E-state index contributed by atoms with van der Waals surface area (Å²) in [4.78, 5) is 13.7. The van der Waals surface area contributed by atoms with Gasteiger partial charge in [0, 0.05) is 23.2 Å². The summed E-state index contributed by atoms with van der Waals surface area (Å²) in [5.41, 5.74) is 3.32. The first-order valence-corrected chi connectivity index (χ1v) is 12.9. The van der Waals surface area contributed by atoms with Crippen molar-refractivity contribution in [1.29, 1.82) is 0 Å². The van der Waals surface area contributed by atoms with Crippen LogP contribution in [0.25, 0.3) is 6.08 Å². The zero-order chi connectivity index (χ0) is 24.2. The number of hydrogen-bond acceptors (Lipinski definition) is 2. The molecule has 3 fully saturated rings. The molecule has 2 saturated heterocycles. The lowest BCUT2D eigenvalue weighted by Gasteiger charge is -2.43. The van der Waals surface area contributed by atoms with Crippen molar-refractivity contribution in [3.63, 3.8) is 0 Å². The molecule has 2 aliphatic heterocycles. The average molecular weight is 469 g/mol. The van der Waals surface area contributed by atoms with Gasteiger partial charge < -0.3 is 4.74 Å². The van der Waals surface area contributed by atoms with Crippen LogP contribution >= 0.6 is 0 Å². The van der Waals surface area contributed by atoms with Crippen LogP contribution in [0.4, 0.5) is 0 Å². The molecule has 0 aromatic heterocycles. The summed E-state index contributed by atoms with van der Waals surface area (Å²) in [7, 11) is 0. The van der Waals surface area contributed by atoms with Crippen molar-refractivity contribution < 1.29 is 9.53 Å². The summed E-state index contributed by atoms with van der Waals surface area (Å²) in [6, 6.07) is 42.5. The van der Waals surface area contributed by atoms with Gasteiger partial charge in [-0.3, -0.25) is 4.79 Å². The number of allylic oxidation sites excluding steroid dienone is 1. The van der Waals surface area contributed by atoms with E-state index in [2.05, 4.69) is 127 Å². The number of ether oxygens (including phenoxy) is 1. The van der Waals surface area contributed by atoms with Crippen LogP contribution in [0.2, 0.25) is 0 Å². The summed E-state index contributed by atoms with van der Waals surface area (Å²) >= 11 is 0. The SMILES string of the molecule is O=C1CC[C@]2(c3ccccc3)O[C@H]1[C@]1(c3ccccc3)[C@H](/C=C\c3ccccc3)[C@@]12c1ccccc1. The van der Waals surface area contributed by atoms with Crippen molar-refractivity contribution in [2.45, 2.75) is 35.4 Å². The predicted octanol–water partition coefficient (Wildman–Crippen LogP) is 6.86. The van der Waals surface area contributed by atoms with Crippen LogP contribution in [-0.4, -0.2) is 11.9 Å². The minimum atomic E-state index is -0.588. The molecule has 4 aromatic carbocycles. The molecule has 7 rings (SSSR count). The Bertz CT molecular complexity index is 1430. The van der Waals surface area contributed by atoms with Gasteiger partial charge in [0.15, 0.2) is 5.78 Å². The third-order valence-electron chi connectivity index (χ3n) is 8.91. The lowest BCUT2D eigenvalue weighted by atomic mass is 9.68. The van der Waals surface area contributed by atoms with E-state index in [0.717, 1.165) is 0 Å². The molecule has 2 bridgehead atoms. The third kappa shape index (κ3) is 2.58. The van der Waals surface area contributed by atoms with Crippen LogP contribution in [0, 0.1) is 5.92 Å². The smallest absolute Gasteiger partial charge is 0.162 e. The van der Waals surface area contributed by atoms with E-state index in [-0.39, 0.29) is 11.7 Å². The lowest BCUT2D eigenvalue weighted by Crippen LogP contribution is -2.46. The lowest BCUT2D eigenvalue weighted by molar-refractivity contribution is -0.158. The quantitative estimate of drug-likeness (QED) is 0.320. The predicted molar refractivity (Wildman–Crippen MR) is 142 cm³/mol. The molecule has 2 nitrogen and oxygen atoms in total. The van der Waals surface area contributed by atoms with Gasteiger partial charge in [-0.25, -0.2) is 0 Å². The number of ketones is 1. The van der Waals surface area contributed by atoms with Crippen LogP contribution in [0.3, 0.4) is 0 Å². The largest absolute Gasteiger partial charge is 0.357 e. The first kappa shape index (κ1) is 21.5. The fraction of sp³-hybridized carbons (Fsp3) is 0.206. The first-order chi connectivity index (χ1) is 17.7. The zero-order valence-corrected chi connectivity index (χ0v) is 20.1. The fourth-order valence-electron chi connectivity index (χ4n) is 7.72. The Morgan fingerprint density at radius 1 is 0.667 bits per heavy atom. The van der Waals surface area contributed by atoms with E-state index >= 15 is 0 Å². The molecule has 0 spiro atoms. The molecule has 0 amide bonds. The molecule has 1 saturated carbocycles.